The summed E-state index contributed by atoms with van der Waals surface area (Å²) in [5.74, 6) is 0.733. The van der Waals surface area contributed by atoms with Gasteiger partial charge in [-0.15, -0.1) is 11.3 Å². The minimum Gasteiger partial charge on any atom is -0.329 e. The maximum Gasteiger partial charge on any atom is 0.178 e. The lowest BCUT2D eigenvalue weighted by atomic mass is 10.2. The van der Waals surface area contributed by atoms with E-state index in [1.165, 1.54) is 12.2 Å². The van der Waals surface area contributed by atoms with E-state index in [0.29, 0.717) is 6.04 Å². The Morgan fingerprint density at radius 3 is 2.86 bits per heavy atom. The molecule has 5 heteroatoms. The van der Waals surface area contributed by atoms with Gasteiger partial charge in [0.1, 0.15) is 10.8 Å². The van der Waals surface area contributed by atoms with Crippen molar-refractivity contribution in [2.75, 3.05) is 0 Å². The molecule has 4 nitrogen and oxygen atoms in total. The fourth-order valence-electron chi connectivity index (χ4n) is 1.84. The van der Waals surface area contributed by atoms with Crippen LogP contribution < -0.4 is 0 Å². The van der Waals surface area contributed by atoms with Crippen molar-refractivity contribution in [3.8, 4) is 0 Å². The first-order valence-electron chi connectivity index (χ1n) is 7.19. The first-order valence-corrected chi connectivity index (χ1v) is 8.07. The zero-order valence-corrected chi connectivity index (χ0v) is 13.5. The minimum absolute atomic E-state index is 0.0671. The molecule has 0 aromatic carbocycles. The molecule has 0 spiro atoms. The summed E-state index contributed by atoms with van der Waals surface area (Å²) in [6, 6.07) is 0.369. The van der Waals surface area contributed by atoms with Gasteiger partial charge in [-0.2, -0.15) is 0 Å². The number of imidazole rings is 1. The number of thiazole rings is 1. The average molecular weight is 313 g/mol. The van der Waals surface area contributed by atoms with Gasteiger partial charge >= 0.3 is 0 Å². The predicted molar refractivity (Wildman–Crippen MR) is 91.6 cm³/mol. The Morgan fingerprint density at radius 2 is 2.14 bits per heavy atom. The molecule has 0 aliphatic rings. The maximum atomic E-state index is 11.8. The van der Waals surface area contributed by atoms with Gasteiger partial charge in [0.05, 0.1) is 0 Å². The number of hydrogen-bond donors (Lipinski definition) is 0. The molecule has 2 rings (SSSR count). The summed E-state index contributed by atoms with van der Waals surface area (Å²) in [5, 5.41) is 2.83. The van der Waals surface area contributed by atoms with Crippen LogP contribution in [0, 0.1) is 0 Å². The van der Waals surface area contributed by atoms with Gasteiger partial charge in [-0.3, -0.25) is 4.79 Å². The normalized spacial score (nSPS) is 13.5. The van der Waals surface area contributed by atoms with E-state index in [4.69, 9.17) is 0 Å². The van der Waals surface area contributed by atoms with Crippen molar-refractivity contribution in [2.24, 2.45) is 0 Å². The molecule has 0 bridgehead atoms. The van der Waals surface area contributed by atoms with Crippen LogP contribution in [0.15, 0.2) is 48.3 Å². The first kappa shape index (κ1) is 16.1. The highest BCUT2D eigenvalue weighted by molar-refractivity contribution is 7.10. The molecule has 1 atom stereocenters. The lowest BCUT2D eigenvalue weighted by Gasteiger charge is -2.11. The molecule has 0 N–H and O–H groups in total. The number of aromatic nitrogens is 3. The Morgan fingerprint density at radius 1 is 1.27 bits per heavy atom. The summed E-state index contributed by atoms with van der Waals surface area (Å²) in [6.07, 6.45) is 16.7. The van der Waals surface area contributed by atoms with Crippen LogP contribution in [0.4, 0.5) is 0 Å². The van der Waals surface area contributed by atoms with Crippen LogP contribution in [0.1, 0.15) is 37.1 Å². The van der Waals surface area contributed by atoms with Gasteiger partial charge in [-0.1, -0.05) is 19.1 Å². The second-order valence-corrected chi connectivity index (χ2v) is 5.70. The van der Waals surface area contributed by atoms with E-state index in [2.05, 4.69) is 28.4 Å². The van der Waals surface area contributed by atoms with Gasteiger partial charge in [0.15, 0.2) is 5.78 Å². The summed E-state index contributed by atoms with van der Waals surface area (Å²) >= 11 is 1.55. The Kier molecular flexibility index (Phi) is 6.03. The highest BCUT2D eigenvalue weighted by Gasteiger charge is 2.05. The van der Waals surface area contributed by atoms with Crippen LogP contribution in [-0.2, 0) is 4.79 Å². The van der Waals surface area contributed by atoms with E-state index in [9.17, 15) is 4.79 Å². The standard InChI is InChI=1S/C17H19N3OS/c1-3-14(2)20-12-10-18-16(20)9-8-15(21)6-4-5-7-17-19-11-13-22-17/h4-14H,3H2,1-2H3/b6-4+,7-5+,9-8+. The monoisotopic (exact) mass is 313 g/mol. The van der Waals surface area contributed by atoms with Crippen molar-refractivity contribution >= 4 is 29.3 Å². The van der Waals surface area contributed by atoms with Crippen molar-refractivity contribution in [3.05, 3.63) is 59.1 Å². The topological polar surface area (TPSA) is 47.8 Å². The van der Waals surface area contributed by atoms with Crippen molar-refractivity contribution in [1.29, 1.82) is 0 Å². The largest absolute Gasteiger partial charge is 0.329 e. The Bertz CT molecular complexity index is 681. The van der Waals surface area contributed by atoms with Crippen molar-refractivity contribution in [2.45, 2.75) is 26.3 Å². The molecule has 2 aromatic rings. The zero-order valence-electron chi connectivity index (χ0n) is 12.7. The molecule has 0 amide bonds. The number of ketones is 1. The molecule has 2 aromatic heterocycles. The summed E-state index contributed by atoms with van der Waals surface area (Å²) in [4.78, 5) is 20.2. The van der Waals surface area contributed by atoms with Crippen LogP contribution in [0.5, 0.6) is 0 Å². The Balaban J connectivity index is 1.93. The van der Waals surface area contributed by atoms with Gasteiger partial charge in [0, 0.05) is 30.0 Å². The number of nitrogens with zero attached hydrogens (tertiary/aromatic N) is 3. The molecule has 22 heavy (non-hydrogen) atoms. The second-order valence-electron chi connectivity index (χ2n) is 4.77. The highest BCUT2D eigenvalue weighted by Crippen LogP contribution is 2.13. The van der Waals surface area contributed by atoms with Gasteiger partial charge in [-0.05, 0) is 37.6 Å². The SMILES string of the molecule is CCC(C)n1ccnc1/C=C/C(=O)/C=C/C=C/c1nccs1. The van der Waals surface area contributed by atoms with E-state index in [-0.39, 0.29) is 5.78 Å². The molecule has 0 aliphatic carbocycles. The first-order chi connectivity index (χ1) is 10.7. The van der Waals surface area contributed by atoms with Crippen LogP contribution in [0.2, 0.25) is 0 Å². The maximum absolute atomic E-state index is 11.8. The van der Waals surface area contributed by atoms with E-state index in [1.54, 1.807) is 35.9 Å². The van der Waals surface area contributed by atoms with Gasteiger partial charge in [0.2, 0.25) is 0 Å². The molecule has 1 unspecified atom stereocenters. The molecule has 0 saturated carbocycles. The van der Waals surface area contributed by atoms with Crippen molar-refractivity contribution in [1.82, 2.24) is 14.5 Å². The molecular formula is C17H19N3OS. The van der Waals surface area contributed by atoms with E-state index in [1.807, 2.05) is 23.7 Å². The Labute approximate surface area is 134 Å². The lowest BCUT2D eigenvalue weighted by Crippen LogP contribution is -2.04. The third-order valence-electron chi connectivity index (χ3n) is 3.22. The quantitative estimate of drug-likeness (QED) is 0.569. The molecule has 0 saturated heterocycles. The zero-order chi connectivity index (χ0) is 15.8. The van der Waals surface area contributed by atoms with Crippen molar-refractivity contribution < 1.29 is 4.79 Å². The van der Waals surface area contributed by atoms with Crippen LogP contribution >= 0.6 is 11.3 Å². The van der Waals surface area contributed by atoms with Gasteiger partial charge in [-0.25, -0.2) is 9.97 Å². The number of carbonyl (C=O) groups is 1. The summed E-state index contributed by atoms with van der Waals surface area (Å²) in [6.45, 7) is 4.25. The average Bonchev–Trinajstić information content (AvgIpc) is 3.20. The molecular weight excluding hydrogens is 294 g/mol. The summed E-state index contributed by atoms with van der Waals surface area (Å²) in [5.41, 5.74) is 0. The van der Waals surface area contributed by atoms with Gasteiger partial charge in [0.25, 0.3) is 0 Å². The fraction of sp³-hybridized carbons (Fsp3) is 0.235. The third-order valence-corrected chi connectivity index (χ3v) is 3.96. The number of carbonyl (C=O) groups excluding carboxylic acids is 1. The van der Waals surface area contributed by atoms with Crippen LogP contribution in [0.25, 0.3) is 12.2 Å². The lowest BCUT2D eigenvalue weighted by molar-refractivity contribution is -0.110. The van der Waals surface area contributed by atoms with Crippen LogP contribution in [-0.4, -0.2) is 20.3 Å². The van der Waals surface area contributed by atoms with Gasteiger partial charge < -0.3 is 4.57 Å². The Hall–Kier alpha value is -2.27. The number of rotatable bonds is 7. The minimum atomic E-state index is -0.0671. The molecule has 0 aliphatic heterocycles. The van der Waals surface area contributed by atoms with Crippen LogP contribution in [0.3, 0.4) is 0 Å². The fourth-order valence-corrected chi connectivity index (χ4v) is 2.38. The second kappa shape index (κ2) is 8.24. The molecule has 114 valence electrons. The molecule has 0 fully saturated rings. The van der Waals surface area contributed by atoms with E-state index >= 15 is 0 Å². The molecule has 0 radical (unpaired) electrons. The number of allylic oxidation sites excluding steroid dienone is 4. The summed E-state index contributed by atoms with van der Waals surface area (Å²) in [7, 11) is 0. The number of hydrogen-bond acceptors (Lipinski definition) is 4. The summed E-state index contributed by atoms with van der Waals surface area (Å²) < 4.78 is 2.07. The highest BCUT2D eigenvalue weighted by atomic mass is 32.1. The third kappa shape index (κ3) is 4.63. The van der Waals surface area contributed by atoms with Crippen molar-refractivity contribution in [3.63, 3.8) is 0 Å². The molecule has 2 heterocycles. The van der Waals surface area contributed by atoms with E-state index in [0.717, 1.165) is 17.3 Å². The predicted octanol–water partition coefficient (Wildman–Crippen LogP) is 4.16. The van der Waals surface area contributed by atoms with E-state index < -0.39 is 0 Å². The smallest absolute Gasteiger partial charge is 0.178 e.